The maximum atomic E-state index is 11.9. The molecule has 2 aromatic rings. The topological polar surface area (TPSA) is 103 Å². The molecule has 0 bridgehead atoms. The summed E-state index contributed by atoms with van der Waals surface area (Å²) >= 11 is 23.6. The van der Waals surface area contributed by atoms with Gasteiger partial charge in [-0.05, 0) is 11.0 Å². The highest BCUT2D eigenvalue weighted by atomic mass is 35.5. The zero-order chi connectivity index (χ0) is 16.4. The highest BCUT2D eigenvalue weighted by molar-refractivity contribution is 6.50. The third-order valence-electron chi connectivity index (χ3n) is 2.37. The minimum atomic E-state index is -0.779. The SMILES string of the molecule is O=C(Cn1cnc([N+](=O)[O-])n1)Nc1c(Cl)c(Cl)cc(Cl)c1Cl. The van der Waals surface area contributed by atoms with E-state index in [1.165, 1.54) is 6.07 Å². The fraction of sp³-hybridized carbons (Fsp3) is 0.100. The number of rotatable bonds is 4. The van der Waals surface area contributed by atoms with Crippen molar-refractivity contribution in [2.45, 2.75) is 6.54 Å². The number of halogens is 4. The average molecular weight is 385 g/mol. The molecule has 1 aromatic heterocycles. The van der Waals surface area contributed by atoms with E-state index >= 15 is 0 Å². The lowest BCUT2D eigenvalue weighted by Crippen LogP contribution is -2.19. The zero-order valence-corrected chi connectivity index (χ0v) is 13.4. The molecular formula is C10H5Cl4N5O3. The van der Waals surface area contributed by atoms with Gasteiger partial charge in [-0.25, -0.2) is 0 Å². The van der Waals surface area contributed by atoms with Gasteiger partial charge in [0.05, 0.1) is 25.8 Å². The number of carbonyl (C=O) groups excluding carboxylic acids is 1. The molecule has 0 spiro atoms. The number of nitrogens with zero attached hydrogens (tertiary/aromatic N) is 4. The van der Waals surface area contributed by atoms with Crippen LogP contribution in [0.5, 0.6) is 0 Å². The molecule has 1 N–H and O–H groups in total. The molecule has 8 nitrogen and oxygen atoms in total. The van der Waals surface area contributed by atoms with Gasteiger partial charge < -0.3 is 15.4 Å². The first-order valence-corrected chi connectivity index (χ1v) is 6.97. The summed E-state index contributed by atoms with van der Waals surface area (Å²) in [6.45, 7) is -0.336. The van der Waals surface area contributed by atoms with Crippen molar-refractivity contribution < 1.29 is 9.72 Å². The van der Waals surface area contributed by atoms with Gasteiger partial charge in [0.15, 0.2) is 0 Å². The summed E-state index contributed by atoms with van der Waals surface area (Å²) in [6.07, 6.45) is 1.05. The first-order chi connectivity index (χ1) is 10.3. The van der Waals surface area contributed by atoms with E-state index in [-0.39, 0.29) is 32.3 Å². The zero-order valence-electron chi connectivity index (χ0n) is 10.4. The number of hydrogen-bond donors (Lipinski definition) is 1. The van der Waals surface area contributed by atoms with Crippen LogP contribution in [0.15, 0.2) is 12.4 Å². The minimum Gasteiger partial charge on any atom is -0.390 e. The lowest BCUT2D eigenvalue weighted by atomic mass is 10.3. The summed E-state index contributed by atoms with van der Waals surface area (Å²) in [5.74, 6) is -1.21. The molecular weight excluding hydrogens is 380 g/mol. The number of hydrogen-bond acceptors (Lipinski definition) is 5. The Hall–Kier alpha value is -1.61. The van der Waals surface area contributed by atoms with Crippen molar-refractivity contribution in [1.29, 1.82) is 0 Å². The number of amides is 1. The molecule has 0 radical (unpaired) electrons. The summed E-state index contributed by atoms with van der Waals surface area (Å²) < 4.78 is 0.988. The highest BCUT2D eigenvalue weighted by Gasteiger charge is 2.19. The van der Waals surface area contributed by atoms with Crippen molar-refractivity contribution in [3.8, 4) is 0 Å². The van der Waals surface area contributed by atoms with Gasteiger partial charge in [-0.2, -0.15) is 4.68 Å². The van der Waals surface area contributed by atoms with Crippen LogP contribution >= 0.6 is 46.4 Å². The largest absolute Gasteiger partial charge is 0.490 e. The summed E-state index contributed by atoms with van der Waals surface area (Å²) in [4.78, 5) is 25.0. The van der Waals surface area contributed by atoms with Gasteiger partial charge >= 0.3 is 5.95 Å². The fourth-order valence-electron chi connectivity index (χ4n) is 1.45. The summed E-state index contributed by atoms with van der Waals surface area (Å²) in [7, 11) is 0. The fourth-order valence-corrected chi connectivity index (χ4v) is 2.36. The van der Waals surface area contributed by atoms with Crippen LogP contribution in [0.3, 0.4) is 0 Å². The molecule has 0 aliphatic rings. The maximum Gasteiger partial charge on any atom is 0.490 e. The number of aromatic nitrogens is 3. The van der Waals surface area contributed by atoms with E-state index < -0.39 is 16.8 Å². The second-order valence-electron chi connectivity index (χ2n) is 3.89. The van der Waals surface area contributed by atoms with Crippen molar-refractivity contribution in [3.05, 3.63) is 42.6 Å². The lowest BCUT2D eigenvalue weighted by molar-refractivity contribution is -0.394. The molecule has 0 fully saturated rings. The van der Waals surface area contributed by atoms with E-state index in [1.807, 2.05) is 0 Å². The number of nitrogens with one attached hydrogen (secondary N) is 1. The van der Waals surface area contributed by atoms with E-state index in [4.69, 9.17) is 46.4 Å². The Bertz CT molecular complexity index is 737. The van der Waals surface area contributed by atoms with E-state index in [1.54, 1.807) is 0 Å². The second-order valence-corrected chi connectivity index (χ2v) is 5.46. The summed E-state index contributed by atoms with van der Waals surface area (Å²) in [5, 5.41) is 16.6. The van der Waals surface area contributed by atoms with E-state index in [2.05, 4.69) is 15.4 Å². The van der Waals surface area contributed by atoms with Crippen molar-refractivity contribution in [2.24, 2.45) is 0 Å². The highest BCUT2D eigenvalue weighted by Crippen LogP contribution is 2.40. The maximum absolute atomic E-state index is 11.9. The van der Waals surface area contributed by atoms with Crippen molar-refractivity contribution in [1.82, 2.24) is 14.8 Å². The first-order valence-electron chi connectivity index (χ1n) is 5.46. The standard InChI is InChI=1S/C10H5Cl4N5O3/c11-4-1-5(12)8(14)9(7(4)13)16-6(20)2-18-3-15-10(17-18)19(21)22/h1,3H,2H2,(H,16,20). The van der Waals surface area contributed by atoms with Crippen LogP contribution in [0.4, 0.5) is 11.6 Å². The smallest absolute Gasteiger partial charge is 0.390 e. The van der Waals surface area contributed by atoms with Crippen LogP contribution < -0.4 is 5.32 Å². The first kappa shape index (κ1) is 16.8. The van der Waals surface area contributed by atoms with Crippen LogP contribution in [0, 0.1) is 10.1 Å². The van der Waals surface area contributed by atoms with Crippen molar-refractivity contribution >= 4 is 63.9 Å². The minimum absolute atomic E-state index is 0.0222. The summed E-state index contributed by atoms with van der Waals surface area (Å²) in [6, 6.07) is 1.34. The average Bonchev–Trinajstić information content (AvgIpc) is 2.90. The molecule has 12 heteroatoms. The predicted octanol–water partition coefficient (Wildman–Crippen LogP) is 3.44. The molecule has 1 aromatic carbocycles. The van der Waals surface area contributed by atoms with Gasteiger partial charge in [0.25, 0.3) is 0 Å². The predicted molar refractivity (Wildman–Crippen MR) is 81.8 cm³/mol. The Kier molecular flexibility index (Phi) is 5.07. The third kappa shape index (κ3) is 3.58. The third-order valence-corrected chi connectivity index (χ3v) is 3.94. The van der Waals surface area contributed by atoms with Gasteiger partial charge in [-0.15, -0.1) is 0 Å². The van der Waals surface area contributed by atoms with E-state index in [9.17, 15) is 14.9 Å². The number of benzene rings is 1. The quantitative estimate of drug-likeness (QED) is 0.494. The normalized spacial score (nSPS) is 10.5. The molecule has 116 valence electrons. The van der Waals surface area contributed by atoms with Crippen LogP contribution in [-0.4, -0.2) is 25.6 Å². The van der Waals surface area contributed by atoms with E-state index in [0.717, 1.165) is 11.0 Å². The Morgan fingerprint density at radius 2 is 1.86 bits per heavy atom. The number of nitro groups is 1. The van der Waals surface area contributed by atoms with Crippen LogP contribution in [-0.2, 0) is 11.3 Å². The monoisotopic (exact) mass is 383 g/mol. The van der Waals surface area contributed by atoms with Gasteiger partial charge in [-0.1, -0.05) is 51.4 Å². The Morgan fingerprint density at radius 3 is 2.36 bits per heavy atom. The Balaban J connectivity index is 2.17. The van der Waals surface area contributed by atoms with Crippen molar-refractivity contribution in [3.63, 3.8) is 0 Å². The molecule has 0 saturated heterocycles. The van der Waals surface area contributed by atoms with Crippen LogP contribution in [0.1, 0.15) is 0 Å². The Labute approximate surface area is 143 Å². The molecule has 2 rings (SSSR count). The number of carbonyl (C=O) groups is 1. The molecule has 0 atom stereocenters. The van der Waals surface area contributed by atoms with Crippen molar-refractivity contribution in [2.75, 3.05) is 5.32 Å². The lowest BCUT2D eigenvalue weighted by Gasteiger charge is -2.11. The van der Waals surface area contributed by atoms with Gasteiger partial charge in [0.1, 0.15) is 6.54 Å². The van der Waals surface area contributed by atoms with Crippen LogP contribution in [0.2, 0.25) is 20.1 Å². The van der Waals surface area contributed by atoms with Gasteiger partial charge in [-0.3, -0.25) is 4.79 Å². The van der Waals surface area contributed by atoms with E-state index in [0.29, 0.717) is 0 Å². The molecule has 0 aliphatic heterocycles. The second kappa shape index (κ2) is 6.66. The van der Waals surface area contributed by atoms with Gasteiger partial charge in [0, 0.05) is 5.10 Å². The number of anilines is 1. The molecule has 0 saturated carbocycles. The van der Waals surface area contributed by atoms with Gasteiger partial charge in [0.2, 0.25) is 12.2 Å². The molecule has 0 unspecified atom stereocenters. The van der Waals surface area contributed by atoms with Crippen LogP contribution in [0.25, 0.3) is 0 Å². The molecule has 0 aliphatic carbocycles. The molecule has 1 heterocycles. The molecule has 22 heavy (non-hydrogen) atoms. The Morgan fingerprint density at radius 1 is 1.27 bits per heavy atom. The summed E-state index contributed by atoms with van der Waals surface area (Å²) in [5.41, 5.74) is 0.0421. The molecule has 1 amide bonds.